The highest BCUT2D eigenvalue weighted by atomic mass is 16.3. The third-order valence-electron chi connectivity index (χ3n) is 4.98. The molecule has 28 heavy (non-hydrogen) atoms. The Balaban J connectivity index is 1.37. The van der Waals surface area contributed by atoms with Gasteiger partial charge in [0.2, 0.25) is 11.8 Å². The van der Waals surface area contributed by atoms with Crippen molar-refractivity contribution in [1.82, 2.24) is 15.1 Å². The van der Waals surface area contributed by atoms with Crippen LogP contribution in [0.25, 0.3) is 0 Å². The van der Waals surface area contributed by atoms with E-state index >= 15 is 0 Å². The molecule has 0 unspecified atom stereocenters. The molecule has 0 saturated carbocycles. The average molecular weight is 384 g/mol. The van der Waals surface area contributed by atoms with Crippen LogP contribution in [0.5, 0.6) is 0 Å². The van der Waals surface area contributed by atoms with Crippen molar-refractivity contribution < 1.29 is 14.0 Å². The van der Waals surface area contributed by atoms with Gasteiger partial charge in [0.15, 0.2) is 0 Å². The first-order chi connectivity index (χ1) is 13.5. The second-order valence-electron chi connectivity index (χ2n) is 7.22. The largest absolute Gasteiger partial charge is 0.467 e. The molecule has 1 aromatic heterocycles. The van der Waals surface area contributed by atoms with Gasteiger partial charge in [-0.1, -0.05) is 18.2 Å². The average Bonchev–Trinajstić information content (AvgIpc) is 3.18. The van der Waals surface area contributed by atoms with Gasteiger partial charge in [0.25, 0.3) is 0 Å². The molecule has 1 saturated heterocycles. The summed E-state index contributed by atoms with van der Waals surface area (Å²) in [5.74, 6) is 0.729. The van der Waals surface area contributed by atoms with E-state index in [0.717, 1.165) is 48.8 Å². The lowest BCUT2D eigenvalue weighted by atomic mass is 10.1. The van der Waals surface area contributed by atoms with Crippen molar-refractivity contribution in [1.29, 1.82) is 0 Å². The monoisotopic (exact) mass is 384 g/mol. The Morgan fingerprint density at radius 1 is 0.929 bits per heavy atom. The van der Waals surface area contributed by atoms with Gasteiger partial charge in [0.05, 0.1) is 25.9 Å². The Hall–Kier alpha value is -2.64. The fourth-order valence-electron chi connectivity index (χ4n) is 3.36. The lowest BCUT2D eigenvalue weighted by molar-refractivity contribution is -0.123. The molecule has 0 atom stereocenters. The summed E-state index contributed by atoms with van der Waals surface area (Å²) in [6, 6.07) is 9.63. The Labute approximate surface area is 165 Å². The summed E-state index contributed by atoms with van der Waals surface area (Å²) in [5.41, 5.74) is 3.04. The number of benzene rings is 1. The van der Waals surface area contributed by atoms with Gasteiger partial charge in [-0.3, -0.25) is 19.4 Å². The molecular weight excluding hydrogens is 356 g/mol. The number of aryl methyl sites for hydroxylation is 2. The molecule has 0 spiro atoms. The number of carbonyl (C=O) groups excluding carboxylic acids is 2. The van der Waals surface area contributed by atoms with Crippen LogP contribution in [0, 0.1) is 13.8 Å². The number of piperazine rings is 1. The van der Waals surface area contributed by atoms with E-state index in [0.29, 0.717) is 19.6 Å². The molecule has 1 fully saturated rings. The van der Waals surface area contributed by atoms with Crippen LogP contribution in [0.15, 0.2) is 41.0 Å². The van der Waals surface area contributed by atoms with Gasteiger partial charge in [0.1, 0.15) is 5.76 Å². The maximum atomic E-state index is 12.4. The SMILES string of the molecule is Cc1cccc(C)c1NC(=O)CN1CCN(CC(=O)NCc2ccco2)CC1. The smallest absolute Gasteiger partial charge is 0.238 e. The second-order valence-corrected chi connectivity index (χ2v) is 7.22. The topological polar surface area (TPSA) is 77.8 Å². The molecule has 2 amide bonds. The number of carbonyl (C=O) groups is 2. The fourth-order valence-corrected chi connectivity index (χ4v) is 3.36. The standard InChI is InChI=1S/C21H28N4O3/c1-16-5-3-6-17(2)21(16)23-20(27)15-25-10-8-24(9-11-25)14-19(26)22-13-18-7-4-12-28-18/h3-7,12H,8-11,13-15H2,1-2H3,(H,22,26)(H,23,27). The lowest BCUT2D eigenvalue weighted by Gasteiger charge is -2.33. The number of nitrogens with one attached hydrogen (secondary N) is 2. The maximum absolute atomic E-state index is 12.4. The first-order valence-electron chi connectivity index (χ1n) is 9.61. The molecule has 7 nitrogen and oxygen atoms in total. The van der Waals surface area contributed by atoms with Crippen LogP contribution in [0.3, 0.4) is 0 Å². The molecule has 1 aromatic carbocycles. The predicted octanol–water partition coefficient (Wildman–Crippen LogP) is 1.77. The minimum absolute atomic E-state index is 0.00189. The third-order valence-corrected chi connectivity index (χ3v) is 4.98. The maximum Gasteiger partial charge on any atom is 0.238 e. The van der Waals surface area contributed by atoms with Crippen LogP contribution in [-0.4, -0.2) is 60.9 Å². The van der Waals surface area contributed by atoms with Gasteiger partial charge < -0.3 is 15.1 Å². The summed E-state index contributed by atoms with van der Waals surface area (Å²) in [4.78, 5) is 28.7. The van der Waals surface area contributed by atoms with Gasteiger partial charge in [-0.05, 0) is 37.1 Å². The number of rotatable bonds is 7. The summed E-state index contributed by atoms with van der Waals surface area (Å²) >= 11 is 0. The van der Waals surface area contributed by atoms with Crippen molar-refractivity contribution in [2.45, 2.75) is 20.4 Å². The quantitative estimate of drug-likeness (QED) is 0.761. The first kappa shape index (κ1) is 20.1. The Kier molecular flexibility index (Phi) is 6.84. The van der Waals surface area contributed by atoms with E-state index in [-0.39, 0.29) is 11.8 Å². The molecule has 0 bridgehead atoms. The number of para-hydroxylation sites is 1. The van der Waals surface area contributed by atoms with Gasteiger partial charge in [-0.15, -0.1) is 0 Å². The molecule has 2 heterocycles. The minimum Gasteiger partial charge on any atom is -0.467 e. The molecule has 2 N–H and O–H groups in total. The van der Waals surface area contributed by atoms with E-state index in [1.165, 1.54) is 0 Å². The van der Waals surface area contributed by atoms with Gasteiger partial charge >= 0.3 is 0 Å². The van der Waals surface area contributed by atoms with Gasteiger partial charge in [0, 0.05) is 31.9 Å². The van der Waals surface area contributed by atoms with Crippen LogP contribution >= 0.6 is 0 Å². The highest BCUT2D eigenvalue weighted by Crippen LogP contribution is 2.19. The zero-order valence-electron chi connectivity index (χ0n) is 16.5. The Morgan fingerprint density at radius 2 is 1.54 bits per heavy atom. The van der Waals surface area contributed by atoms with E-state index in [1.807, 2.05) is 38.1 Å². The fraction of sp³-hybridized carbons (Fsp3) is 0.429. The number of hydrogen-bond acceptors (Lipinski definition) is 5. The van der Waals surface area contributed by atoms with Crippen LogP contribution in [0.2, 0.25) is 0 Å². The van der Waals surface area contributed by atoms with Gasteiger partial charge in [-0.2, -0.15) is 0 Å². The minimum atomic E-state index is -0.0161. The van der Waals surface area contributed by atoms with Crippen molar-refractivity contribution >= 4 is 17.5 Å². The molecule has 0 radical (unpaired) electrons. The highest BCUT2D eigenvalue weighted by molar-refractivity contribution is 5.93. The summed E-state index contributed by atoms with van der Waals surface area (Å²) < 4.78 is 5.21. The summed E-state index contributed by atoms with van der Waals surface area (Å²) in [6.07, 6.45) is 1.59. The highest BCUT2D eigenvalue weighted by Gasteiger charge is 2.21. The summed E-state index contributed by atoms with van der Waals surface area (Å²) in [7, 11) is 0. The number of amides is 2. The molecule has 3 rings (SSSR count). The van der Waals surface area contributed by atoms with Crippen LogP contribution in [-0.2, 0) is 16.1 Å². The molecule has 1 aliphatic rings. The normalized spacial score (nSPS) is 15.4. The lowest BCUT2D eigenvalue weighted by Crippen LogP contribution is -2.50. The first-order valence-corrected chi connectivity index (χ1v) is 9.61. The molecule has 7 heteroatoms. The van der Waals surface area contributed by atoms with Crippen molar-refractivity contribution in [3.8, 4) is 0 Å². The summed E-state index contributed by atoms with van der Waals surface area (Å²) in [5, 5.41) is 5.89. The van der Waals surface area contributed by atoms with Crippen molar-refractivity contribution in [2.75, 3.05) is 44.6 Å². The van der Waals surface area contributed by atoms with Crippen LogP contribution < -0.4 is 10.6 Å². The van der Waals surface area contributed by atoms with Crippen LogP contribution in [0.4, 0.5) is 5.69 Å². The zero-order valence-corrected chi connectivity index (χ0v) is 16.5. The molecule has 2 aromatic rings. The van der Waals surface area contributed by atoms with E-state index < -0.39 is 0 Å². The van der Waals surface area contributed by atoms with Crippen molar-refractivity contribution in [2.24, 2.45) is 0 Å². The Bertz CT molecular complexity index is 776. The summed E-state index contributed by atoms with van der Waals surface area (Å²) in [6.45, 7) is 8.21. The predicted molar refractivity (Wildman–Crippen MR) is 108 cm³/mol. The molecular formula is C21H28N4O3. The van der Waals surface area contributed by atoms with E-state index in [1.54, 1.807) is 12.3 Å². The number of anilines is 1. The zero-order chi connectivity index (χ0) is 19.9. The van der Waals surface area contributed by atoms with Gasteiger partial charge in [-0.25, -0.2) is 0 Å². The van der Waals surface area contributed by atoms with E-state index in [4.69, 9.17) is 4.42 Å². The molecule has 150 valence electrons. The number of furan rings is 1. The number of nitrogens with zero attached hydrogens (tertiary/aromatic N) is 2. The van der Waals surface area contributed by atoms with Crippen LogP contribution in [0.1, 0.15) is 16.9 Å². The third kappa shape index (κ3) is 5.68. The number of hydrogen-bond donors (Lipinski definition) is 2. The molecule has 0 aliphatic carbocycles. The Morgan fingerprint density at radius 3 is 2.11 bits per heavy atom. The van der Waals surface area contributed by atoms with Crippen molar-refractivity contribution in [3.05, 3.63) is 53.5 Å². The molecule has 1 aliphatic heterocycles. The second kappa shape index (κ2) is 9.52. The van der Waals surface area contributed by atoms with E-state index in [9.17, 15) is 9.59 Å². The van der Waals surface area contributed by atoms with E-state index in [2.05, 4.69) is 20.4 Å². The van der Waals surface area contributed by atoms with Crippen molar-refractivity contribution in [3.63, 3.8) is 0 Å².